The number of nitrogen functional groups attached to an aromatic ring is 1. The van der Waals surface area contributed by atoms with Gasteiger partial charge in [-0.05, 0) is 46.9 Å². The molecule has 18 heavy (non-hydrogen) atoms. The van der Waals surface area contributed by atoms with Crippen LogP contribution in [0.25, 0.3) is 0 Å². The minimum atomic E-state index is -0.501. The predicted molar refractivity (Wildman–Crippen MR) is 71.6 cm³/mol. The van der Waals surface area contributed by atoms with Gasteiger partial charge in [-0.25, -0.2) is 5.84 Å². The molecule has 0 bridgehead atoms. The number of hydrazine groups is 1. The van der Waals surface area contributed by atoms with E-state index >= 15 is 0 Å². The van der Waals surface area contributed by atoms with Crippen molar-refractivity contribution in [1.29, 1.82) is 0 Å². The van der Waals surface area contributed by atoms with Gasteiger partial charge in [-0.1, -0.05) is 5.16 Å². The smallest absolute Gasteiger partial charge is 0.287 e. The molecule has 0 aliphatic rings. The summed E-state index contributed by atoms with van der Waals surface area (Å²) < 4.78 is 11.5. The third-order valence-electron chi connectivity index (χ3n) is 2.12. The van der Waals surface area contributed by atoms with E-state index in [-0.39, 0.29) is 12.3 Å². The van der Waals surface area contributed by atoms with Gasteiger partial charge >= 0.3 is 0 Å². The number of ether oxygens (including phenoxy) is 1. The van der Waals surface area contributed by atoms with E-state index in [0.29, 0.717) is 5.76 Å². The number of nitrogens with one attached hydrogen (secondary N) is 1. The Kier molecular flexibility index (Phi) is 4.15. The maximum atomic E-state index is 11.1. The first-order valence-corrected chi connectivity index (χ1v) is 6.12. The number of amides is 1. The van der Waals surface area contributed by atoms with E-state index < -0.39 is 5.91 Å². The third kappa shape index (κ3) is 3.20. The molecule has 2 aromatic rings. The maximum Gasteiger partial charge on any atom is 0.287 e. The highest BCUT2D eigenvalue weighted by Gasteiger charge is 2.11. The Hall–Kier alpha value is -1.61. The molecule has 1 aromatic heterocycles. The van der Waals surface area contributed by atoms with E-state index in [2.05, 4.69) is 27.7 Å². The van der Waals surface area contributed by atoms with Crippen LogP contribution in [0.2, 0.25) is 0 Å². The van der Waals surface area contributed by atoms with Crippen LogP contribution in [0, 0.1) is 3.57 Å². The largest absolute Gasteiger partial charge is 0.486 e. The lowest BCUT2D eigenvalue weighted by Crippen LogP contribution is -2.30. The minimum Gasteiger partial charge on any atom is -0.486 e. The van der Waals surface area contributed by atoms with Crippen LogP contribution in [0.15, 0.2) is 34.9 Å². The fraction of sp³-hybridized carbons (Fsp3) is 0.0909. The molecular weight excluding hydrogens is 349 g/mol. The van der Waals surface area contributed by atoms with Gasteiger partial charge in [0.2, 0.25) is 0 Å². The number of benzene rings is 1. The minimum absolute atomic E-state index is 0.124. The van der Waals surface area contributed by atoms with Crippen molar-refractivity contribution in [1.82, 2.24) is 10.6 Å². The Morgan fingerprint density at radius 3 is 2.83 bits per heavy atom. The molecule has 0 spiro atoms. The molecule has 2 rings (SSSR count). The van der Waals surface area contributed by atoms with Gasteiger partial charge in [-0.2, -0.15) is 0 Å². The van der Waals surface area contributed by atoms with Crippen LogP contribution in [0.5, 0.6) is 5.75 Å². The number of aromatic nitrogens is 1. The monoisotopic (exact) mass is 359 g/mol. The zero-order valence-electron chi connectivity index (χ0n) is 9.22. The van der Waals surface area contributed by atoms with Crippen molar-refractivity contribution in [2.45, 2.75) is 6.61 Å². The number of carbonyl (C=O) groups excluding carboxylic acids is 1. The van der Waals surface area contributed by atoms with Crippen molar-refractivity contribution in [2.24, 2.45) is 5.84 Å². The number of nitrogens with two attached hydrogens (primary N) is 1. The van der Waals surface area contributed by atoms with Crippen LogP contribution in [-0.4, -0.2) is 11.1 Å². The average Bonchev–Trinajstić information content (AvgIpc) is 2.86. The van der Waals surface area contributed by atoms with Gasteiger partial charge in [0.05, 0.1) is 0 Å². The van der Waals surface area contributed by atoms with Gasteiger partial charge in [-0.3, -0.25) is 10.2 Å². The van der Waals surface area contributed by atoms with Gasteiger partial charge in [-0.15, -0.1) is 0 Å². The normalized spacial score (nSPS) is 10.1. The summed E-state index contributed by atoms with van der Waals surface area (Å²) in [7, 11) is 0. The average molecular weight is 359 g/mol. The van der Waals surface area contributed by atoms with Gasteiger partial charge in [0.1, 0.15) is 12.4 Å². The first kappa shape index (κ1) is 12.8. The fourth-order valence-electron chi connectivity index (χ4n) is 1.25. The van der Waals surface area contributed by atoms with Crippen LogP contribution < -0.4 is 16.0 Å². The summed E-state index contributed by atoms with van der Waals surface area (Å²) in [5.41, 5.74) is 2.10. The molecule has 7 heteroatoms. The number of hydrogen-bond donors (Lipinski definition) is 2. The summed E-state index contributed by atoms with van der Waals surface area (Å²) in [5, 5.41) is 3.57. The quantitative estimate of drug-likeness (QED) is 0.373. The fourth-order valence-corrected chi connectivity index (χ4v) is 1.61. The van der Waals surface area contributed by atoms with Crippen LogP contribution in [0.3, 0.4) is 0 Å². The molecule has 3 N–H and O–H groups in total. The summed E-state index contributed by atoms with van der Waals surface area (Å²) in [6.07, 6.45) is 0. The molecule has 0 saturated heterocycles. The van der Waals surface area contributed by atoms with Crippen molar-refractivity contribution < 1.29 is 14.1 Å². The second-order valence-corrected chi connectivity index (χ2v) is 4.64. The maximum absolute atomic E-state index is 11.1. The standard InChI is InChI=1S/C11H10IN3O3/c12-7-1-3-8(4-2-7)17-6-9-5-10(15-18-9)11(16)14-13/h1-5H,6,13H2,(H,14,16). The van der Waals surface area contributed by atoms with Gasteiger partial charge in [0, 0.05) is 9.64 Å². The molecule has 0 radical (unpaired) electrons. The molecule has 0 fully saturated rings. The Morgan fingerprint density at radius 1 is 1.44 bits per heavy atom. The summed E-state index contributed by atoms with van der Waals surface area (Å²) in [6, 6.07) is 9.05. The molecular formula is C11H10IN3O3. The van der Waals surface area contributed by atoms with Crippen LogP contribution >= 0.6 is 22.6 Å². The van der Waals surface area contributed by atoms with Crippen LogP contribution in [0.4, 0.5) is 0 Å². The molecule has 0 saturated carbocycles. The number of rotatable bonds is 4. The second kappa shape index (κ2) is 5.83. The highest BCUT2D eigenvalue weighted by molar-refractivity contribution is 14.1. The molecule has 0 unspecified atom stereocenters. The first-order chi connectivity index (χ1) is 8.69. The van der Waals surface area contributed by atoms with E-state index in [1.165, 1.54) is 6.07 Å². The second-order valence-electron chi connectivity index (χ2n) is 3.39. The van der Waals surface area contributed by atoms with Crippen molar-refractivity contribution in [3.63, 3.8) is 0 Å². The van der Waals surface area contributed by atoms with Crippen molar-refractivity contribution in [3.8, 4) is 5.75 Å². The number of carbonyl (C=O) groups is 1. The topological polar surface area (TPSA) is 90.4 Å². The molecule has 6 nitrogen and oxygen atoms in total. The molecule has 1 aromatic carbocycles. The highest BCUT2D eigenvalue weighted by atomic mass is 127. The molecule has 1 heterocycles. The zero-order valence-corrected chi connectivity index (χ0v) is 11.4. The molecule has 94 valence electrons. The lowest BCUT2D eigenvalue weighted by molar-refractivity contribution is 0.0944. The number of nitrogens with zero attached hydrogens (tertiary/aromatic N) is 1. The van der Waals surface area contributed by atoms with E-state index in [4.69, 9.17) is 15.1 Å². The predicted octanol–water partition coefficient (Wildman–Crippen LogP) is 1.46. The van der Waals surface area contributed by atoms with Gasteiger partial charge in [0.25, 0.3) is 5.91 Å². The third-order valence-corrected chi connectivity index (χ3v) is 2.84. The van der Waals surface area contributed by atoms with E-state index in [9.17, 15) is 4.79 Å². The van der Waals surface area contributed by atoms with Crippen molar-refractivity contribution in [3.05, 3.63) is 45.4 Å². The Morgan fingerprint density at radius 2 is 2.17 bits per heavy atom. The van der Waals surface area contributed by atoms with Crippen LogP contribution in [0.1, 0.15) is 16.2 Å². The first-order valence-electron chi connectivity index (χ1n) is 5.04. The lowest BCUT2D eigenvalue weighted by Gasteiger charge is -2.02. The van der Waals surface area contributed by atoms with Crippen LogP contribution in [-0.2, 0) is 6.61 Å². The SMILES string of the molecule is NNC(=O)c1cc(COc2ccc(I)cc2)on1. The highest BCUT2D eigenvalue weighted by Crippen LogP contribution is 2.15. The Balaban J connectivity index is 1.96. The summed E-state index contributed by atoms with van der Waals surface area (Å²) >= 11 is 2.21. The zero-order chi connectivity index (χ0) is 13.0. The molecule has 0 aliphatic heterocycles. The summed E-state index contributed by atoms with van der Waals surface area (Å²) in [6.45, 7) is 0.200. The molecule has 0 atom stereocenters. The van der Waals surface area contributed by atoms with Gasteiger partial charge in [0.15, 0.2) is 11.5 Å². The van der Waals surface area contributed by atoms with E-state index in [1.54, 1.807) is 0 Å². The van der Waals surface area contributed by atoms with Crippen molar-refractivity contribution in [2.75, 3.05) is 0 Å². The van der Waals surface area contributed by atoms with Gasteiger partial charge < -0.3 is 9.26 Å². The molecule has 1 amide bonds. The lowest BCUT2D eigenvalue weighted by atomic mass is 10.3. The Bertz CT molecular complexity index is 539. The Labute approximate surface area is 117 Å². The number of halogens is 1. The molecule has 0 aliphatic carbocycles. The summed E-state index contributed by atoms with van der Waals surface area (Å²) in [5.74, 6) is 5.65. The number of hydrogen-bond acceptors (Lipinski definition) is 5. The van der Waals surface area contributed by atoms with Crippen molar-refractivity contribution >= 4 is 28.5 Å². The van der Waals surface area contributed by atoms with E-state index in [0.717, 1.165) is 9.32 Å². The summed E-state index contributed by atoms with van der Waals surface area (Å²) in [4.78, 5) is 11.1. The van der Waals surface area contributed by atoms with E-state index in [1.807, 2.05) is 29.7 Å².